The molecule has 0 aliphatic carbocycles. The number of aromatic nitrogens is 1. The highest BCUT2D eigenvalue weighted by molar-refractivity contribution is 9.10. The van der Waals surface area contributed by atoms with Crippen LogP contribution in [0.15, 0.2) is 40.0 Å². The third-order valence-electron chi connectivity index (χ3n) is 2.79. The second-order valence-electron chi connectivity index (χ2n) is 4.19. The molecule has 0 saturated heterocycles. The second kappa shape index (κ2) is 6.39. The number of nitrogens with zero attached hydrogens (tertiary/aromatic N) is 1. The van der Waals surface area contributed by atoms with Gasteiger partial charge in [0.25, 0.3) is 0 Å². The Kier molecular flexibility index (Phi) is 4.82. The lowest BCUT2D eigenvalue weighted by atomic mass is 10.2. The fourth-order valence-electron chi connectivity index (χ4n) is 1.73. The van der Waals surface area contributed by atoms with E-state index in [1.807, 2.05) is 31.2 Å². The zero-order valence-electron chi connectivity index (χ0n) is 10.7. The summed E-state index contributed by atoms with van der Waals surface area (Å²) in [7, 11) is 1.41. The van der Waals surface area contributed by atoms with Crippen molar-refractivity contribution in [2.24, 2.45) is 5.92 Å². The Morgan fingerprint density at radius 2 is 2.21 bits per heavy atom. The van der Waals surface area contributed by atoms with E-state index in [0.717, 1.165) is 20.3 Å². The average molecular weight is 340 g/mol. The summed E-state index contributed by atoms with van der Waals surface area (Å²) in [4.78, 5) is 15.8. The summed E-state index contributed by atoms with van der Waals surface area (Å²) in [5.41, 5.74) is 0. The van der Waals surface area contributed by atoms with E-state index < -0.39 is 0 Å². The summed E-state index contributed by atoms with van der Waals surface area (Å²) in [5.74, 6) is 0.332. The highest BCUT2D eigenvalue weighted by Gasteiger charge is 2.14. The van der Waals surface area contributed by atoms with Crippen LogP contribution < -0.4 is 0 Å². The van der Waals surface area contributed by atoms with E-state index in [9.17, 15) is 4.79 Å². The Bertz CT molecular complexity index is 603. The number of pyridine rings is 1. The number of benzene rings is 1. The molecule has 1 aromatic heterocycles. The smallest absolute Gasteiger partial charge is 0.309 e. The van der Waals surface area contributed by atoms with Crippen LogP contribution in [0, 0.1) is 5.92 Å². The van der Waals surface area contributed by atoms with Crippen LogP contribution >= 0.6 is 27.7 Å². The Hall–Kier alpha value is -1.07. The Morgan fingerprint density at radius 1 is 1.42 bits per heavy atom. The predicted octanol–water partition coefficient (Wildman–Crippen LogP) is 3.90. The van der Waals surface area contributed by atoms with Crippen molar-refractivity contribution in [1.29, 1.82) is 0 Å². The van der Waals surface area contributed by atoms with Crippen LogP contribution in [0.25, 0.3) is 10.8 Å². The second-order valence-corrected chi connectivity index (χ2v) is 6.05. The van der Waals surface area contributed by atoms with Crippen LogP contribution in [0.4, 0.5) is 0 Å². The predicted molar refractivity (Wildman–Crippen MR) is 81.3 cm³/mol. The van der Waals surface area contributed by atoms with Crippen molar-refractivity contribution in [3.05, 3.63) is 34.9 Å². The van der Waals surface area contributed by atoms with Gasteiger partial charge in [-0.1, -0.05) is 35.0 Å². The van der Waals surface area contributed by atoms with Gasteiger partial charge in [0.1, 0.15) is 5.03 Å². The van der Waals surface area contributed by atoms with Crippen LogP contribution in [0.2, 0.25) is 0 Å². The molecule has 3 nitrogen and oxygen atoms in total. The number of carbonyl (C=O) groups excluding carboxylic acids is 1. The number of carbonyl (C=O) groups is 1. The number of thioether (sulfide) groups is 1. The molecule has 100 valence electrons. The number of hydrogen-bond donors (Lipinski definition) is 0. The van der Waals surface area contributed by atoms with Gasteiger partial charge in [0.2, 0.25) is 0 Å². The normalized spacial score (nSPS) is 12.4. The van der Waals surface area contributed by atoms with E-state index in [0.29, 0.717) is 5.75 Å². The molecule has 1 aromatic carbocycles. The molecular weight excluding hydrogens is 326 g/mol. The van der Waals surface area contributed by atoms with Gasteiger partial charge < -0.3 is 4.74 Å². The first-order valence-corrected chi connectivity index (χ1v) is 7.65. The van der Waals surface area contributed by atoms with Crippen molar-refractivity contribution >= 4 is 44.4 Å². The molecule has 0 radical (unpaired) electrons. The molecule has 2 rings (SSSR count). The molecule has 0 aliphatic rings. The third-order valence-corrected chi connectivity index (χ3v) is 4.75. The first kappa shape index (κ1) is 14.3. The van der Waals surface area contributed by atoms with Crippen molar-refractivity contribution in [2.45, 2.75) is 11.9 Å². The summed E-state index contributed by atoms with van der Waals surface area (Å²) in [5, 5.41) is 3.17. The molecule has 5 heteroatoms. The van der Waals surface area contributed by atoms with Crippen molar-refractivity contribution in [3.8, 4) is 0 Å². The third kappa shape index (κ3) is 3.28. The van der Waals surface area contributed by atoms with E-state index >= 15 is 0 Å². The zero-order valence-corrected chi connectivity index (χ0v) is 13.1. The van der Waals surface area contributed by atoms with Crippen LogP contribution in [0.1, 0.15) is 6.92 Å². The van der Waals surface area contributed by atoms with Crippen molar-refractivity contribution in [3.63, 3.8) is 0 Å². The fraction of sp³-hybridized carbons (Fsp3) is 0.286. The lowest BCUT2D eigenvalue weighted by molar-refractivity contribution is -0.143. The van der Waals surface area contributed by atoms with Gasteiger partial charge in [0.05, 0.1) is 13.0 Å². The molecule has 1 atom stereocenters. The van der Waals surface area contributed by atoms with Gasteiger partial charge in [-0.15, -0.1) is 11.8 Å². The topological polar surface area (TPSA) is 39.2 Å². The molecule has 0 aliphatic heterocycles. The van der Waals surface area contributed by atoms with Gasteiger partial charge in [0, 0.05) is 27.2 Å². The Morgan fingerprint density at radius 3 is 2.95 bits per heavy atom. The Labute approximate surface area is 124 Å². The van der Waals surface area contributed by atoms with Crippen LogP contribution in [-0.4, -0.2) is 23.8 Å². The summed E-state index contributed by atoms with van der Waals surface area (Å²) in [6.07, 6.45) is 1.79. The minimum absolute atomic E-state index is 0.140. The number of rotatable bonds is 4. The highest BCUT2D eigenvalue weighted by Crippen LogP contribution is 2.31. The largest absolute Gasteiger partial charge is 0.469 e. The molecular formula is C14H14BrNO2S. The van der Waals surface area contributed by atoms with Gasteiger partial charge >= 0.3 is 5.97 Å². The van der Waals surface area contributed by atoms with E-state index in [1.165, 1.54) is 7.11 Å². The van der Waals surface area contributed by atoms with Crippen LogP contribution in [0.3, 0.4) is 0 Å². The maximum atomic E-state index is 11.4. The van der Waals surface area contributed by atoms with Crippen molar-refractivity contribution in [2.75, 3.05) is 12.9 Å². The maximum absolute atomic E-state index is 11.4. The molecule has 0 saturated carbocycles. The SMILES string of the molecule is COC(=O)C(C)CSc1nccc2c(Br)cccc12. The van der Waals surface area contributed by atoms with Crippen LogP contribution in [0.5, 0.6) is 0 Å². The van der Waals surface area contributed by atoms with Crippen molar-refractivity contribution in [1.82, 2.24) is 4.98 Å². The van der Waals surface area contributed by atoms with Gasteiger partial charge in [-0.2, -0.15) is 0 Å². The highest BCUT2D eigenvalue weighted by atomic mass is 79.9. The molecule has 2 aromatic rings. The van der Waals surface area contributed by atoms with E-state index in [4.69, 9.17) is 4.74 Å². The summed E-state index contributed by atoms with van der Waals surface area (Å²) in [6, 6.07) is 8.02. The first-order chi connectivity index (χ1) is 9.13. The first-order valence-electron chi connectivity index (χ1n) is 5.87. The van der Waals surface area contributed by atoms with E-state index in [-0.39, 0.29) is 11.9 Å². The number of ether oxygens (including phenoxy) is 1. The molecule has 0 fully saturated rings. The molecule has 0 N–H and O–H groups in total. The molecule has 1 heterocycles. The fourth-order valence-corrected chi connectivity index (χ4v) is 3.24. The maximum Gasteiger partial charge on any atom is 0.309 e. The lowest BCUT2D eigenvalue weighted by Crippen LogP contribution is -2.14. The number of methoxy groups -OCH3 is 1. The van der Waals surface area contributed by atoms with Gasteiger partial charge in [0.15, 0.2) is 0 Å². The minimum atomic E-state index is -0.186. The molecule has 1 unspecified atom stereocenters. The zero-order chi connectivity index (χ0) is 13.8. The van der Waals surface area contributed by atoms with Gasteiger partial charge in [-0.25, -0.2) is 4.98 Å². The van der Waals surface area contributed by atoms with Crippen LogP contribution in [-0.2, 0) is 9.53 Å². The number of hydrogen-bond acceptors (Lipinski definition) is 4. The van der Waals surface area contributed by atoms with E-state index in [1.54, 1.807) is 18.0 Å². The number of fused-ring (bicyclic) bond motifs is 1. The summed E-state index contributed by atoms with van der Waals surface area (Å²) in [6.45, 7) is 1.86. The molecule has 0 amide bonds. The number of halogens is 1. The standard InChI is InChI=1S/C14H14BrNO2S/c1-9(14(17)18-2)8-19-13-11-4-3-5-12(15)10(11)6-7-16-13/h3-7,9H,8H2,1-2H3. The number of esters is 1. The van der Waals surface area contributed by atoms with Gasteiger partial charge in [-0.05, 0) is 12.1 Å². The molecule has 0 bridgehead atoms. The monoisotopic (exact) mass is 339 g/mol. The molecule has 0 spiro atoms. The molecule has 19 heavy (non-hydrogen) atoms. The summed E-state index contributed by atoms with van der Waals surface area (Å²) < 4.78 is 5.78. The van der Waals surface area contributed by atoms with Gasteiger partial charge in [-0.3, -0.25) is 4.79 Å². The quantitative estimate of drug-likeness (QED) is 0.625. The minimum Gasteiger partial charge on any atom is -0.469 e. The van der Waals surface area contributed by atoms with Crippen molar-refractivity contribution < 1.29 is 9.53 Å². The Balaban J connectivity index is 2.22. The van der Waals surface area contributed by atoms with E-state index in [2.05, 4.69) is 20.9 Å². The lowest BCUT2D eigenvalue weighted by Gasteiger charge is -2.10. The average Bonchev–Trinajstić information content (AvgIpc) is 2.44. The summed E-state index contributed by atoms with van der Waals surface area (Å²) >= 11 is 5.11.